The minimum absolute atomic E-state index is 0.179. The number of carbonyl (C=O) groups excluding carboxylic acids is 1. The van der Waals surface area contributed by atoms with Crippen molar-refractivity contribution in [1.29, 1.82) is 0 Å². The van der Waals surface area contributed by atoms with Crippen LogP contribution in [0.3, 0.4) is 0 Å². The number of nitrogens with one attached hydrogen (secondary N) is 1. The van der Waals surface area contributed by atoms with Crippen molar-refractivity contribution in [2.45, 2.75) is 157 Å². The number of aromatic hydroxyl groups is 2. The quantitative estimate of drug-likeness (QED) is 0.142. The second-order valence-electron chi connectivity index (χ2n) is 22.1. The Labute approximate surface area is 378 Å². The van der Waals surface area contributed by atoms with Crippen LogP contribution in [0.5, 0.6) is 23.0 Å². The summed E-state index contributed by atoms with van der Waals surface area (Å²) in [5.74, 6) is 1.69. The van der Waals surface area contributed by atoms with Gasteiger partial charge in [-0.1, -0.05) is 169 Å². The topological polar surface area (TPSA) is 88.0 Å². The van der Waals surface area contributed by atoms with Gasteiger partial charge < -0.3 is 25.0 Å². The summed E-state index contributed by atoms with van der Waals surface area (Å²) in [7, 11) is 0. The van der Waals surface area contributed by atoms with E-state index in [2.05, 4.69) is 144 Å². The summed E-state index contributed by atoms with van der Waals surface area (Å²) >= 11 is 0. The first-order valence-corrected chi connectivity index (χ1v) is 23.0. The van der Waals surface area contributed by atoms with E-state index in [1.807, 2.05) is 37.3 Å². The highest BCUT2D eigenvalue weighted by molar-refractivity contribution is 5.78. The zero-order valence-corrected chi connectivity index (χ0v) is 40.7. The molecule has 0 aromatic heterocycles. The molecule has 0 heterocycles. The molecule has 6 rings (SSSR count). The van der Waals surface area contributed by atoms with E-state index in [9.17, 15) is 15.0 Å². The summed E-state index contributed by atoms with van der Waals surface area (Å²) in [4.78, 5) is 13.8. The molecular weight excluding hydrogens is 779 g/mol. The zero-order chi connectivity index (χ0) is 46.2. The smallest absolute Gasteiger partial charge is 0.258 e. The van der Waals surface area contributed by atoms with Gasteiger partial charge >= 0.3 is 0 Å². The molecule has 3 N–H and O–H groups in total. The number of fused-ring (bicyclic) bond motifs is 8. The van der Waals surface area contributed by atoms with Gasteiger partial charge in [0.1, 0.15) is 23.0 Å². The van der Waals surface area contributed by atoms with Crippen molar-refractivity contribution in [2.75, 3.05) is 13.2 Å². The fourth-order valence-electron chi connectivity index (χ4n) is 8.47. The summed E-state index contributed by atoms with van der Waals surface area (Å²) < 4.78 is 13.6. The Kier molecular flexibility index (Phi) is 13.6. The van der Waals surface area contributed by atoms with Crippen LogP contribution in [0.15, 0.2) is 78.9 Å². The molecule has 6 nitrogen and oxygen atoms in total. The highest BCUT2D eigenvalue weighted by Gasteiger charge is 2.29. The third-order valence-electron chi connectivity index (χ3n) is 12.5. The fraction of sp³-hybridized carbons (Fsp3) is 0.456. The van der Waals surface area contributed by atoms with Crippen LogP contribution in [-0.4, -0.2) is 29.3 Å². The van der Waals surface area contributed by atoms with Crippen molar-refractivity contribution in [3.63, 3.8) is 0 Å². The van der Waals surface area contributed by atoms with E-state index in [-0.39, 0.29) is 51.7 Å². The van der Waals surface area contributed by atoms with Crippen molar-refractivity contribution in [1.82, 2.24) is 5.32 Å². The van der Waals surface area contributed by atoms with E-state index in [0.29, 0.717) is 38.0 Å². The Bertz CT molecular complexity index is 2450. The van der Waals surface area contributed by atoms with Crippen molar-refractivity contribution >= 4 is 5.91 Å². The van der Waals surface area contributed by atoms with E-state index < -0.39 is 0 Å². The lowest BCUT2D eigenvalue weighted by atomic mass is 9.79. The maximum Gasteiger partial charge on any atom is 0.258 e. The monoisotopic (exact) mass is 852 g/mol. The Morgan fingerprint density at radius 2 is 0.857 bits per heavy atom. The molecule has 0 aliphatic heterocycles. The molecule has 5 aromatic carbocycles. The van der Waals surface area contributed by atoms with Gasteiger partial charge in [-0.3, -0.25) is 4.79 Å². The van der Waals surface area contributed by atoms with Crippen LogP contribution in [0.1, 0.15) is 182 Å². The lowest BCUT2D eigenvalue weighted by Gasteiger charge is -2.28. The maximum atomic E-state index is 13.8. The Morgan fingerprint density at radius 3 is 1.21 bits per heavy atom. The number of phenolic OH excluding ortho intramolecular Hbond substituents is 2. The Morgan fingerprint density at radius 1 is 0.540 bits per heavy atom. The largest absolute Gasteiger partial charge is 0.507 e. The molecule has 8 bridgehead atoms. The van der Waals surface area contributed by atoms with Gasteiger partial charge in [0, 0.05) is 25.7 Å². The molecule has 1 aliphatic carbocycles. The number of ether oxygens (including phenoxy) is 2. The Hall–Kier alpha value is -5.23. The van der Waals surface area contributed by atoms with Crippen LogP contribution in [0.2, 0.25) is 0 Å². The lowest BCUT2D eigenvalue weighted by molar-refractivity contribution is -0.123. The van der Waals surface area contributed by atoms with Gasteiger partial charge in [-0.25, -0.2) is 0 Å². The van der Waals surface area contributed by atoms with E-state index in [0.717, 1.165) is 78.9 Å². The number of hydrogen-bond acceptors (Lipinski definition) is 5. The first-order chi connectivity index (χ1) is 29.3. The zero-order valence-electron chi connectivity index (χ0n) is 40.7. The molecular formula is C57H73NO5. The van der Waals surface area contributed by atoms with Gasteiger partial charge in [0.2, 0.25) is 0 Å². The average molecular weight is 852 g/mol. The molecule has 1 amide bonds. The van der Waals surface area contributed by atoms with Gasteiger partial charge in [-0.05, 0) is 107 Å². The highest BCUT2D eigenvalue weighted by Crippen LogP contribution is 2.44. The molecule has 0 saturated carbocycles. The number of benzene rings is 5. The fourth-order valence-corrected chi connectivity index (χ4v) is 8.47. The number of amides is 1. The van der Waals surface area contributed by atoms with Gasteiger partial charge in [0.25, 0.3) is 5.91 Å². The van der Waals surface area contributed by atoms with Crippen molar-refractivity contribution < 1.29 is 24.5 Å². The maximum absolute atomic E-state index is 13.8. The first-order valence-electron chi connectivity index (χ1n) is 23.0. The molecule has 1 unspecified atom stereocenters. The molecule has 336 valence electrons. The highest BCUT2D eigenvalue weighted by atomic mass is 16.5. The van der Waals surface area contributed by atoms with E-state index >= 15 is 0 Å². The van der Waals surface area contributed by atoms with Crippen molar-refractivity contribution in [3.8, 4) is 23.0 Å². The molecule has 6 heteroatoms. The summed E-state index contributed by atoms with van der Waals surface area (Å²) in [6, 6.07) is 27.2. The standard InChI is InChI=1S/C57H73NO5/c1-15-21-62-52-41-23-39-28-45(54(3,4)5)26-37(50(39)60)22-38-27-46(55(6,7)8)29-40(51(38)61)24-42-31-48(57(12,13)14)33-44(25-43(52)32-47(30-41)56(9,10)11)53(42)63-34-49(59)58-35(2)36-19-17-16-18-20-36/h16-20,26-33,35,60-61H,15,21-25,34H2,1-14H3,(H,58,59). The van der Waals surface area contributed by atoms with E-state index in [1.165, 1.54) is 5.56 Å². The van der Waals surface area contributed by atoms with E-state index in [4.69, 9.17) is 9.47 Å². The molecule has 0 saturated heterocycles. The van der Waals surface area contributed by atoms with Crippen molar-refractivity contribution in [2.24, 2.45) is 0 Å². The van der Waals surface area contributed by atoms with Crippen LogP contribution in [0.25, 0.3) is 0 Å². The third kappa shape index (κ3) is 11.1. The first kappa shape index (κ1) is 47.3. The third-order valence-corrected chi connectivity index (χ3v) is 12.5. The lowest BCUT2D eigenvalue weighted by Crippen LogP contribution is -2.31. The molecule has 1 aliphatic rings. The van der Waals surface area contributed by atoms with Crippen LogP contribution in [-0.2, 0) is 52.1 Å². The predicted octanol–water partition coefficient (Wildman–Crippen LogP) is 13.0. The summed E-state index contributed by atoms with van der Waals surface area (Å²) in [5.41, 5.74) is 11.7. The van der Waals surface area contributed by atoms with E-state index in [1.54, 1.807) is 0 Å². The summed E-state index contributed by atoms with van der Waals surface area (Å²) in [6.07, 6.45) is 2.47. The molecule has 0 fully saturated rings. The van der Waals surface area contributed by atoms with Crippen LogP contribution in [0, 0.1) is 0 Å². The van der Waals surface area contributed by atoms with Crippen LogP contribution in [0.4, 0.5) is 0 Å². The molecule has 0 radical (unpaired) electrons. The molecule has 63 heavy (non-hydrogen) atoms. The minimum atomic E-state index is -0.230. The second kappa shape index (κ2) is 18.1. The predicted molar refractivity (Wildman–Crippen MR) is 259 cm³/mol. The Balaban J connectivity index is 1.66. The SMILES string of the molecule is CCCOc1c2cc(C(C)(C)C)cc1Cc1cc(C(C)(C)C)cc(c1OCC(=O)NC(C)c1ccccc1)Cc1cc(C(C)(C)C)cc(c1O)Cc1cc(C(C)(C)C)cc(c1O)C2. The number of carbonyl (C=O) groups is 1. The van der Waals surface area contributed by atoms with Gasteiger partial charge in [-0.2, -0.15) is 0 Å². The average Bonchev–Trinajstić information content (AvgIpc) is 3.18. The molecule has 1 atom stereocenters. The number of rotatable bonds is 8. The summed E-state index contributed by atoms with van der Waals surface area (Å²) in [6.45, 7) is 31.0. The second-order valence-corrected chi connectivity index (χ2v) is 22.1. The molecule has 5 aromatic rings. The van der Waals surface area contributed by atoms with Gasteiger partial charge in [-0.15, -0.1) is 0 Å². The van der Waals surface area contributed by atoms with Gasteiger partial charge in [0.05, 0.1) is 12.6 Å². The molecule has 0 spiro atoms. The summed E-state index contributed by atoms with van der Waals surface area (Å²) in [5, 5.41) is 27.9. The number of phenols is 2. The van der Waals surface area contributed by atoms with Crippen molar-refractivity contribution in [3.05, 3.63) is 151 Å². The van der Waals surface area contributed by atoms with Crippen LogP contribution < -0.4 is 14.8 Å². The van der Waals surface area contributed by atoms with Crippen LogP contribution >= 0.6 is 0 Å². The van der Waals surface area contributed by atoms with Gasteiger partial charge in [0.15, 0.2) is 6.61 Å². The normalized spacial score (nSPS) is 13.9. The minimum Gasteiger partial charge on any atom is -0.507 e. The number of hydrogen-bond donors (Lipinski definition) is 3.